The van der Waals surface area contributed by atoms with Crippen LogP contribution >= 0.6 is 0 Å². The molecule has 1 fully saturated rings. The SMILES string of the molecule is COC(=O)CC/C=C\CC1(CCN(C(=O)OC(C)(C)C)C(=O)OC(C)(C)C)CCC(C(C)(C)C)CC1. The number of methoxy groups -OCH3 is 1. The maximum atomic E-state index is 13.0. The van der Waals surface area contributed by atoms with E-state index in [1.165, 1.54) is 7.11 Å². The minimum Gasteiger partial charge on any atom is -0.469 e. The number of allylic oxidation sites excluding steroid dienone is 2. The fourth-order valence-corrected chi connectivity index (χ4v) is 4.65. The Morgan fingerprint density at radius 1 is 0.861 bits per heavy atom. The molecule has 1 aliphatic carbocycles. The summed E-state index contributed by atoms with van der Waals surface area (Å²) < 4.78 is 15.8. The predicted octanol–water partition coefficient (Wildman–Crippen LogP) is 7.67. The summed E-state index contributed by atoms with van der Waals surface area (Å²) in [6, 6.07) is 0. The van der Waals surface area contributed by atoms with Gasteiger partial charge in [0.2, 0.25) is 0 Å². The van der Waals surface area contributed by atoms with Crippen molar-refractivity contribution in [3.05, 3.63) is 12.2 Å². The molecule has 1 rings (SSSR count). The van der Waals surface area contributed by atoms with Gasteiger partial charge in [0.15, 0.2) is 0 Å². The zero-order chi connectivity index (χ0) is 27.8. The summed E-state index contributed by atoms with van der Waals surface area (Å²) in [5.41, 5.74) is -1.22. The monoisotopic (exact) mass is 509 g/mol. The lowest BCUT2D eigenvalue weighted by atomic mass is 9.62. The van der Waals surface area contributed by atoms with Crippen molar-refractivity contribution >= 4 is 18.2 Å². The van der Waals surface area contributed by atoms with Crippen molar-refractivity contribution in [1.82, 2.24) is 4.90 Å². The van der Waals surface area contributed by atoms with Gasteiger partial charge in [-0.3, -0.25) is 4.79 Å². The first-order chi connectivity index (χ1) is 16.4. The van der Waals surface area contributed by atoms with E-state index in [0.29, 0.717) is 25.2 Å². The average molecular weight is 510 g/mol. The first kappa shape index (κ1) is 32.0. The van der Waals surface area contributed by atoms with Crippen molar-refractivity contribution in [1.29, 1.82) is 0 Å². The summed E-state index contributed by atoms with van der Waals surface area (Å²) in [6.07, 6.45) is 9.58. The third-order valence-electron chi connectivity index (χ3n) is 6.82. The minimum atomic E-state index is -0.720. The molecule has 2 amide bonds. The van der Waals surface area contributed by atoms with E-state index in [-0.39, 0.29) is 23.3 Å². The zero-order valence-corrected chi connectivity index (χ0v) is 24.5. The number of nitrogens with zero attached hydrogens (tertiary/aromatic N) is 1. The molecule has 1 saturated carbocycles. The Kier molecular flexibility index (Phi) is 11.5. The van der Waals surface area contributed by atoms with Gasteiger partial charge in [-0.25, -0.2) is 14.5 Å². The molecule has 0 aliphatic heterocycles. The Balaban J connectivity index is 3.05. The molecule has 0 heterocycles. The van der Waals surface area contributed by atoms with E-state index in [1.807, 2.05) is 6.08 Å². The maximum absolute atomic E-state index is 13.0. The Labute approximate surface area is 219 Å². The van der Waals surface area contributed by atoms with Gasteiger partial charge < -0.3 is 14.2 Å². The summed E-state index contributed by atoms with van der Waals surface area (Å²) in [6.45, 7) is 17.8. The Bertz CT molecular complexity index is 730. The molecular formula is C29H51NO6. The van der Waals surface area contributed by atoms with E-state index in [4.69, 9.17) is 14.2 Å². The highest BCUT2D eigenvalue weighted by Crippen LogP contribution is 2.49. The third kappa shape index (κ3) is 11.8. The molecule has 0 spiro atoms. The first-order valence-corrected chi connectivity index (χ1v) is 13.3. The Morgan fingerprint density at radius 2 is 1.36 bits per heavy atom. The van der Waals surface area contributed by atoms with Crippen molar-refractivity contribution in [2.75, 3.05) is 13.7 Å². The van der Waals surface area contributed by atoms with E-state index in [2.05, 4.69) is 26.8 Å². The van der Waals surface area contributed by atoms with E-state index >= 15 is 0 Å². The van der Waals surface area contributed by atoms with Crippen LogP contribution in [0.1, 0.15) is 114 Å². The lowest BCUT2D eigenvalue weighted by molar-refractivity contribution is -0.140. The number of carbonyl (C=O) groups excluding carboxylic acids is 3. The van der Waals surface area contributed by atoms with Crippen molar-refractivity contribution in [3.63, 3.8) is 0 Å². The van der Waals surface area contributed by atoms with E-state index in [9.17, 15) is 14.4 Å². The highest BCUT2D eigenvalue weighted by atomic mass is 16.6. The maximum Gasteiger partial charge on any atom is 0.419 e. The topological polar surface area (TPSA) is 82.1 Å². The molecule has 0 aromatic heterocycles. The Hall–Kier alpha value is -2.05. The van der Waals surface area contributed by atoms with Crippen LogP contribution in [0.2, 0.25) is 0 Å². The van der Waals surface area contributed by atoms with Crippen molar-refractivity contribution in [2.45, 2.75) is 125 Å². The number of carbonyl (C=O) groups is 3. The predicted molar refractivity (Wildman–Crippen MR) is 143 cm³/mol. The van der Waals surface area contributed by atoms with E-state index < -0.39 is 23.4 Å². The van der Waals surface area contributed by atoms with E-state index in [1.54, 1.807) is 41.5 Å². The second-order valence-corrected chi connectivity index (χ2v) is 13.3. The van der Waals surface area contributed by atoms with Crippen LogP contribution in [0.15, 0.2) is 12.2 Å². The molecule has 0 unspecified atom stereocenters. The van der Waals surface area contributed by atoms with Gasteiger partial charge in [0.1, 0.15) is 11.2 Å². The molecule has 1 aliphatic rings. The van der Waals surface area contributed by atoms with E-state index in [0.717, 1.165) is 37.0 Å². The molecule has 7 nitrogen and oxygen atoms in total. The molecule has 0 atom stereocenters. The zero-order valence-electron chi connectivity index (χ0n) is 24.5. The molecule has 0 aromatic rings. The van der Waals surface area contributed by atoms with Crippen LogP contribution in [0.3, 0.4) is 0 Å². The molecular weight excluding hydrogens is 458 g/mol. The summed E-state index contributed by atoms with van der Waals surface area (Å²) in [4.78, 5) is 38.5. The molecule has 0 aromatic carbocycles. The fourth-order valence-electron chi connectivity index (χ4n) is 4.65. The summed E-state index contributed by atoms with van der Waals surface area (Å²) >= 11 is 0. The van der Waals surface area contributed by atoms with Gasteiger partial charge in [0, 0.05) is 13.0 Å². The quantitative estimate of drug-likeness (QED) is 0.190. The molecule has 0 bridgehead atoms. The lowest BCUT2D eigenvalue weighted by Gasteiger charge is -2.44. The lowest BCUT2D eigenvalue weighted by Crippen LogP contribution is -2.45. The number of ether oxygens (including phenoxy) is 3. The number of hydrogen-bond acceptors (Lipinski definition) is 6. The summed E-state index contributed by atoms with van der Waals surface area (Å²) in [5, 5.41) is 0. The number of esters is 1. The van der Waals surface area contributed by atoms with Crippen LogP contribution in [0.5, 0.6) is 0 Å². The third-order valence-corrected chi connectivity index (χ3v) is 6.82. The number of rotatable bonds is 8. The largest absolute Gasteiger partial charge is 0.469 e. The van der Waals surface area contributed by atoms with Crippen molar-refractivity contribution in [2.24, 2.45) is 16.7 Å². The molecule has 208 valence electrons. The number of hydrogen-bond donors (Lipinski definition) is 0. The summed E-state index contributed by atoms with van der Waals surface area (Å²) in [5.74, 6) is 0.423. The van der Waals surface area contributed by atoms with Crippen LogP contribution in [0.25, 0.3) is 0 Å². The van der Waals surface area contributed by atoms with Crippen LogP contribution < -0.4 is 0 Å². The van der Waals surface area contributed by atoms with Gasteiger partial charge in [-0.15, -0.1) is 0 Å². The first-order valence-electron chi connectivity index (χ1n) is 13.3. The van der Waals surface area contributed by atoms with Gasteiger partial charge in [0.05, 0.1) is 7.11 Å². The van der Waals surface area contributed by atoms with Crippen molar-refractivity contribution < 1.29 is 28.6 Å². The normalized spacial score (nSPS) is 21.2. The minimum absolute atomic E-state index is 0.0359. The molecule has 7 heteroatoms. The van der Waals surface area contributed by atoms with Crippen molar-refractivity contribution in [3.8, 4) is 0 Å². The van der Waals surface area contributed by atoms with Gasteiger partial charge in [0.25, 0.3) is 0 Å². The molecule has 36 heavy (non-hydrogen) atoms. The number of amides is 2. The second-order valence-electron chi connectivity index (χ2n) is 13.3. The van der Waals surface area contributed by atoms with Crippen LogP contribution in [0, 0.1) is 16.7 Å². The molecule has 0 radical (unpaired) electrons. The second kappa shape index (κ2) is 13.0. The Morgan fingerprint density at radius 3 is 1.78 bits per heavy atom. The van der Waals surface area contributed by atoms with Gasteiger partial charge in [-0.2, -0.15) is 0 Å². The fraction of sp³-hybridized carbons (Fsp3) is 0.828. The van der Waals surface area contributed by atoms with Gasteiger partial charge in [-0.05, 0) is 103 Å². The highest BCUT2D eigenvalue weighted by Gasteiger charge is 2.40. The number of imide groups is 1. The van der Waals surface area contributed by atoms with Crippen LogP contribution in [0.4, 0.5) is 9.59 Å². The molecule has 0 N–H and O–H groups in total. The van der Waals surface area contributed by atoms with Crippen LogP contribution in [-0.4, -0.2) is 47.9 Å². The standard InChI is InChI=1S/C29H51NO6/c1-26(2,3)22-15-18-29(19-16-22,17-13-11-12-14-23(31)34-10)20-21-30(24(32)35-27(4,5)6)25(33)36-28(7,8)9/h11,13,22H,12,14-21H2,1-10H3/b13-11-. The average Bonchev–Trinajstić information content (AvgIpc) is 2.70. The molecule has 0 saturated heterocycles. The van der Waals surface area contributed by atoms with Gasteiger partial charge in [-0.1, -0.05) is 32.9 Å². The van der Waals surface area contributed by atoms with Crippen LogP contribution in [-0.2, 0) is 19.0 Å². The summed E-state index contributed by atoms with van der Waals surface area (Å²) in [7, 11) is 1.40. The van der Waals surface area contributed by atoms with Gasteiger partial charge >= 0.3 is 18.2 Å². The highest BCUT2D eigenvalue weighted by molar-refractivity contribution is 5.88. The smallest absolute Gasteiger partial charge is 0.419 e.